The second-order valence-electron chi connectivity index (χ2n) is 6.61. The van der Waals surface area contributed by atoms with Gasteiger partial charge in [0.15, 0.2) is 0 Å². The molecule has 4 heteroatoms. The molecule has 0 bridgehead atoms. The summed E-state index contributed by atoms with van der Waals surface area (Å²) in [5.41, 5.74) is 1.77. The van der Waals surface area contributed by atoms with Gasteiger partial charge in [0.25, 0.3) is 0 Å². The van der Waals surface area contributed by atoms with Crippen LogP contribution in [0, 0.1) is 0 Å². The zero-order chi connectivity index (χ0) is 15.1. The fourth-order valence-corrected chi connectivity index (χ4v) is 2.47. The van der Waals surface area contributed by atoms with E-state index in [9.17, 15) is 0 Å². The molecular weight excluding hydrogens is 261 g/mol. The quantitative estimate of drug-likeness (QED) is 0.775. The molecule has 0 N–H and O–H groups in total. The van der Waals surface area contributed by atoms with Crippen molar-refractivity contribution in [1.82, 2.24) is 4.81 Å². The first-order valence-corrected chi connectivity index (χ1v) is 7.44. The smallest absolute Gasteiger partial charge is 0.384 e. The molecule has 0 atom stereocenters. The van der Waals surface area contributed by atoms with Crippen LogP contribution in [-0.2, 0) is 9.31 Å². The molecule has 1 aromatic carbocycles. The van der Waals surface area contributed by atoms with Gasteiger partial charge < -0.3 is 14.1 Å². The Hall–Kier alpha value is -1.52. The van der Waals surface area contributed by atoms with Crippen molar-refractivity contribution < 1.29 is 9.31 Å². The van der Waals surface area contributed by atoms with Gasteiger partial charge in [0.1, 0.15) is 0 Å². The third-order valence-electron chi connectivity index (χ3n) is 4.54. The van der Waals surface area contributed by atoms with E-state index in [0.717, 1.165) is 6.54 Å². The molecule has 0 aliphatic carbocycles. The molecule has 0 aromatic heterocycles. The molecule has 0 amide bonds. The predicted molar refractivity (Wildman–Crippen MR) is 86.3 cm³/mol. The summed E-state index contributed by atoms with van der Waals surface area (Å²) < 4.78 is 12.2. The summed E-state index contributed by atoms with van der Waals surface area (Å²) in [5, 5.41) is 0. The fraction of sp³-hybridized carbons (Fsp3) is 0.412. The Bertz CT molecular complexity index is 562. The third kappa shape index (κ3) is 2.66. The van der Waals surface area contributed by atoms with E-state index >= 15 is 0 Å². The highest BCUT2D eigenvalue weighted by molar-refractivity contribution is 6.42. The average molecular weight is 283 g/mol. The molecule has 2 aliphatic heterocycles. The zero-order valence-corrected chi connectivity index (χ0v) is 13.2. The highest BCUT2D eigenvalue weighted by Gasteiger charge is 2.53. The summed E-state index contributed by atoms with van der Waals surface area (Å²) >= 11 is 0. The van der Waals surface area contributed by atoms with E-state index in [1.165, 1.54) is 11.1 Å². The van der Waals surface area contributed by atoms with E-state index in [-0.39, 0.29) is 18.5 Å². The van der Waals surface area contributed by atoms with Crippen LogP contribution in [-0.4, -0.2) is 29.8 Å². The van der Waals surface area contributed by atoms with Gasteiger partial charge in [-0.2, -0.15) is 0 Å². The Morgan fingerprint density at radius 1 is 1.00 bits per heavy atom. The Balaban J connectivity index is 1.82. The van der Waals surface area contributed by atoms with E-state index in [0.29, 0.717) is 0 Å². The van der Waals surface area contributed by atoms with Gasteiger partial charge in [-0.3, -0.25) is 0 Å². The molecule has 0 spiro atoms. The summed E-state index contributed by atoms with van der Waals surface area (Å²) in [4.78, 5) is 2.11. The summed E-state index contributed by atoms with van der Waals surface area (Å²) in [6.07, 6.45) is 6.42. The van der Waals surface area contributed by atoms with Crippen LogP contribution in [0.25, 0.3) is 5.57 Å². The molecule has 2 heterocycles. The summed E-state index contributed by atoms with van der Waals surface area (Å²) in [5.74, 6) is 0. The highest BCUT2D eigenvalue weighted by atomic mass is 16.7. The lowest BCUT2D eigenvalue weighted by molar-refractivity contribution is 0.00578. The fourth-order valence-electron chi connectivity index (χ4n) is 2.47. The molecule has 110 valence electrons. The van der Waals surface area contributed by atoms with E-state index in [1.54, 1.807) is 0 Å². The van der Waals surface area contributed by atoms with Crippen LogP contribution in [0.15, 0.2) is 48.7 Å². The van der Waals surface area contributed by atoms with E-state index in [4.69, 9.17) is 9.31 Å². The van der Waals surface area contributed by atoms with Crippen molar-refractivity contribution in [1.29, 1.82) is 0 Å². The van der Waals surface area contributed by atoms with E-state index < -0.39 is 0 Å². The number of allylic oxidation sites excluding steroid dienone is 2. The van der Waals surface area contributed by atoms with Gasteiger partial charge >= 0.3 is 7.25 Å². The molecular formula is C17H22BNO2. The first kappa shape index (κ1) is 14.4. The van der Waals surface area contributed by atoms with Crippen molar-refractivity contribution >= 4 is 12.8 Å². The molecule has 0 saturated carbocycles. The second kappa shape index (κ2) is 5.04. The Labute approximate surface area is 127 Å². The lowest BCUT2D eigenvalue weighted by Gasteiger charge is -2.32. The zero-order valence-electron chi connectivity index (χ0n) is 13.2. The molecule has 1 fully saturated rings. The summed E-state index contributed by atoms with van der Waals surface area (Å²) in [6, 6.07) is 10.4. The molecule has 3 rings (SSSR count). The van der Waals surface area contributed by atoms with E-state index in [2.05, 4.69) is 75.1 Å². The number of hydrogen-bond acceptors (Lipinski definition) is 3. The number of rotatable bonds is 2. The minimum Gasteiger partial charge on any atom is -0.384 e. The number of nitrogens with zero attached hydrogens (tertiary/aromatic N) is 1. The van der Waals surface area contributed by atoms with Crippen LogP contribution in [0.5, 0.6) is 0 Å². The van der Waals surface area contributed by atoms with Crippen molar-refractivity contribution in [2.45, 2.75) is 38.9 Å². The lowest BCUT2D eigenvalue weighted by Crippen LogP contribution is -2.41. The average Bonchev–Trinajstić information content (AvgIpc) is 2.69. The third-order valence-corrected chi connectivity index (χ3v) is 4.54. The highest BCUT2D eigenvalue weighted by Crippen LogP contribution is 2.38. The monoisotopic (exact) mass is 283 g/mol. The maximum absolute atomic E-state index is 6.11. The van der Waals surface area contributed by atoms with Gasteiger partial charge in [-0.25, -0.2) is 0 Å². The molecule has 0 unspecified atom stereocenters. The molecule has 3 nitrogen and oxygen atoms in total. The standard InChI is InChI=1S/C17H22BNO2/c1-16(2)17(3,4)21-18(20-16)19-12-8-11-15(13-19)14-9-6-5-7-10-14/h5-11,13H,12H2,1-4H3. The van der Waals surface area contributed by atoms with Crippen LogP contribution in [0.3, 0.4) is 0 Å². The summed E-state index contributed by atoms with van der Waals surface area (Å²) in [7, 11) is -0.335. The molecule has 1 saturated heterocycles. The molecule has 2 aliphatic rings. The van der Waals surface area contributed by atoms with Crippen molar-refractivity contribution in [3.8, 4) is 0 Å². The number of hydrogen-bond donors (Lipinski definition) is 0. The van der Waals surface area contributed by atoms with Gasteiger partial charge in [0.2, 0.25) is 0 Å². The van der Waals surface area contributed by atoms with Crippen LogP contribution in [0.1, 0.15) is 33.3 Å². The maximum Gasteiger partial charge on any atom is 0.594 e. The van der Waals surface area contributed by atoms with Crippen molar-refractivity contribution in [3.63, 3.8) is 0 Å². The first-order chi connectivity index (χ1) is 9.89. The minimum absolute atomic E-state index is 0.306. The van der Waals surface area contributed by atoms with Crippen LogP contribution in [0.4, 0.5) is 0 Å². The molecule has 21 heavy (non-hydrogen) atoms. The minimum atomic E-state index is -0.335. The maximum atomic E-state index is 6.11. The molecule has 1 aromatic rings. The van der Waals surface area contributed by atoms with E-state index in [1.807, 2.05) is 6.07 Å². The molecule has 0 radical (unpaired) electrons. The first-order valence-electron chi connectivity index (χ1n) is 7.44. The van der Waals surface area contributed by atoms with Crippen molar-refractivity contribution in [2.75, 3.05) is 6.54 Å². The van der Waals surface area contributed by atoms with Gasteiger partial charge in [0.05, 0.1) is 11.2 Å². The van der Waals surface area contributed by atoms with Crippen molar-refractivity contribution in [2.24, 2.45) is 0 Å². The predicted octanol–water partition coefficient (Wildman–Crippen LogP) is 3.49. The van der Waals surface area contributed by atoms with Gasteiger partial charge in [0, 0.05) is 6.54 Å². The largest absolute Gasteiger partial charge is 0.594 e. The van der Waals surface area contributed by atoms with Gasteiger partial charge in [-0.1, -0.05) is 42.5 Å². The van der Waals surface area contributed by atoms with Gasteiger partial charge in [-0.05, 0) is 45.0 Å². The number of benzene rings is 1. The Kier molecular flexibility index (Phi) is 3.46. The SMILES string of the molecule is CC1(C)OB(N2C=C(c3ccccc3)C=CC2)OC1(C)C. The van der Waals surface area contributed by atoms with Crippen LogP contribution in [0.2, 0.25) is 0 Å². The van der Waals surface area contributed by atoms with Crippen molar-refractivity contribution in [3.05, 3.63) is 54.2 Å². The van der Waals surface area contributed by atoms with Gasteiger partial charge in [-0.15, -0.1) is 0 Å². The second-order valence-corrected chi connectivity index (χ2v) is 6.61. The van der Waals surface area contributed by atoms with Crippen LogP contribution >= 0.6 is 0 Å². The lowest BCUT2D eigenvalue weighted by atomic mass is 9.90. The summed E-state index contributed by atoms with van der Waals surface area (Å²) in [6.45, 7) is 9.11. The Morgan fingerprint density at radius 2 is 1.62 bits per heavy atom. The normalized spacial score (nSPS) is 23.3. The Morgan fingerprint density at radius 3 is 2.24 bits per heavy atom. The van der Waals surface area contributed by atoms with Crippen LogP contribution < -0.4 is 0 Å². The topological polar surface area (TPSA) is 21.7 Å².